The number of methoxy groups -OCH3 is 1. The summed E-state index contributed by atoms with van der Waals surface area (Å²) in [6, 6.07) is 14.0. The summed E-state index contributed by atoms with van der Waals surface area (Å²) in [5, 5.41) is 0. The maximum absolute atomic E-state index is 12.1. The molecule has 2 aromatic carbocycles. The molecule has 0 saturated carbocycles. The molecule has 1 heterocycles. The van der Waals surface area contributed by atoms with Crippen molar-refractivity contribution in [3.8, 4) is 11.1 Å². The zero-order valence-electron chi connectivity index (χ0n) is 13.9. The van der Waals surface area contributed by atoms with E-state index in [9.17, 15) is 4.79 Å². The molecular formula is C20H20N2O2. The number of aryl methyl sites for hydroxylation is 3. The number of hydrogen-bond donors (Lipinski definition) is 1. The van der Waals surface area contributed by atoms with Gasteiger partial charge in [-0.05, 0) is 48.1 Å². The van der Waals surface area contributed by atoms with E-state index in [2.05, 4.69) is 16.0 Å². The molecule has 0 bridgehead atoms. The molecule has 3 aromatic rings. The molecule has 3 rings (SSSR count). The van der Waals surface area contributed by atoms with Gasteiger partial charge in [0.05, 0.1) is 19.0 Å². The fourth-order valence-corrected chi connectivity index (χ4v) is 2.83. The van der Waals surface area contributed by atoms with Gasteiger partial charge in [-0.2, -0.15) is 0 Å². The fourth-order valence-electron chi connectivity index (χ4n) is 2.83. The predicted octanol–water partition coefficient (Wildman–Crippen LogP) is 3.96. The van der Waals surface area contributed by atoms with E-state index in [1.165, 1.54) is 12.7 Å². The molecule has 1 aromatic heterocycles. The van der Waals surface area contributed by atoms with Crippen molar-refractivity contribution in [2.45, 2.75) is 19.8 Å². The van der Waals surface area contributed by atoms with Gasteiger partial charge >= 0.3 is 5.97 Å². The van der Waals surface area contributed by atoms with Crippen molar-refractivity contribution < 1.29 is 9.53 Å². The normalized spacial score (nSPS) is 10.6. The Morgan fingerprint density at radius 2 is 1.96 bits per heavy atom. The van der Waals surface area contributed by atoms with Gasteiger partial charge < -0.3 is 9.72 Å². The highest BCUT2D eigenvalue weighted by Gasteiger charge is 2.15. The van der Waals surface area contributed by atoms with E-state index in [1.54, 1.807) is 6.33 Å². The number of aromatic nitrogens is 2. The van der Waals surface area contributed by atoms with Crippen LogP contribution in [0.4, 0.5) is 0 Å². The Balaban J connectivity index is 1.98. The Kier molecular flexibility index (Phi) is 4.75. The highest BCUT2D eigenvalue weighted by Crippen LogP contribution is 2.29. The average molecular weight is 320 g/mol. The Bertz CT molecular complexity index is 839. The number of ether oxygens (including phenoxy) is 1. The van der Waals surface area contributed by atoms with E-state index >= 15 is 0 Å². The van der Waals surface area contributed by atoms with Crippen LogP contribution in [0, 0.1) is 6.92 Å². The number of nitrogens with zero attached hydrogens (tertiary/aromatic N) is 1. The van der Waals surface area contributed by atoms with Crippen molar-refractivity contribution in [1.29, 1.82) is 0 Å². The lowest BCUT2D eigenvalue weighted by Gasteiger charge is -2.13. The van der Waals surface area contributed by atoms with Gasteiger partial charge in [0.15, 0.2) is 0 Å². The molecule has 4 nitrogen and oxygen atoms in total. The summed E-state index contributed by atoms with van der Waals surface area (Å²) in [7, 11) is 1.41. The van der Waals surface area contributed by atoms with E-state index in [-0.39, 0.29) is 5.97 Å². The van der Waals surface area contributed by atoms with Crippen LogP contribution < -0.4 is 0 Å². The third-order valence-corrected chi connectivity index (χ3v) is 4.16. The third kappa shape index (κ3) is 3.38. The second kappa shape index (κ2) is 7.13. The average Bonchev–Trinajstić information content (AvgIpc) is 3.13. The summed E-state index contributed by atoms with van der Waals surface area (Å²) in [6.07, 6.45) is 5.28. The first-order valence-corrected chi connectivity index (χ1v) is 7.93. The number of nitrogens with one attached hydrogen (secondary N) is 1. The van der Waals surface area contributed by atoms with Crippen molar-refractivity contribution in [3.05, 3.63) is 77.4 Å². The number of esters is 1. The van der Waals surface area contributed by atoms with Gasteiger partial charge in [0.25, 0.3) is 0 Å². The summed E-state index contributed by atoms with van der Waals surface area (Å²) in [5.41, 5.74) is 5.98. The molecule has 0 unspecified atom stereocenters. The molecular weight excluding hydrogens is 300 g/mol. The smallest absolute Gasteiger partial charge is 0.338 e. The highest BCUT2D eigenvalue weighted by atomic mass is 16.5. The molecule has 0 amide bonds. The van der Waals surface area contributed by atoms with Crippen LogP contribution in [0.25, 0.3) is 11.1 Å². The molecule has 0 saturated heterocycles. The second-order valence-electron chi connectivity index (χ2n) is 5.76. The lowest BCUT2D eigenvalue weighted by molar-refractivity contribution is 0.0601. The molecule has 24 heavy (non-hydrogen) atoms. The molecule has 0 atom stereocenters. The lowest BCUT2D eigenvalue weighted by atomic mass is 9.93. The molecule has 0 radical (unpaired) electrons. The standard InChI is InChI=1S/C20H20N2O2/c1-14-5-3-4-6-17(14)19-11-15(7-9-16-12-21-13-22-16)8-10-18(19)20(23)24-2/h3-6,8,10-13H,7,9H2,1-2H3,(H,21,22). The number of H-pyrrole nitrogens is 1. The van der Waals surface area contributed by atoms with Crippen LogP contribution >= 0.6 is 0 Å². The monoisotopic (exact) mass is 320 g/mol. The first-order chi connectivity index (χ1) is 11.7. The van der Waals surface area contributed by atoms with E-state index in [4.69, 9.17) is 4.74 Å². The Morgan fingerprint density at radius 1 is 1.12 bits per heavy atom. The van der Waals surface area contributed by atoms with Crippen LogP contribution in [0.1, 0.15) is 27.2 Å². The van der Waals surface area contributed by atoms with Gasteiger partial charge in [-0.15, -0.1) is 0 Å². The van der Waals surface area contributed by atoms with Gasteiger partial charge in [0.1, 0.15) is 0 Å². The van der Waals surface area contributed by atoms with Crippen LogP contribution in [0.15, 0.2) is 55.0 Å². The van der Waals surface area contributed by atoms with Gasteiger partial charge in [-0.1, -0.05) is 36.4 Å². The molecule has 0 aliphatic carbocycles. The molecule has 122 valence electrons. The van der Waals surface area contributed by atoms with E-state index < -0.39 is 0 Å². The van der Waals surface area contributed by atoms with E-state index in [1.807, 2.05) is 49.5 Å². The van der Waals surface area contributed by atoms with Crippen molar-refractivity contribution >= 4 is 5.97 Å². The Hall–Kier alpha value is -2.88. The minimum absolute atomic E-state index is 0.312. The largest absolute Gasteiger partial charge is 0.465 e. The quantitative estimate of drug-likeness (QED) is 0.724. The molecule has 4 heteroatoms. The van der Waals surface area contributed by atoms with Crippen LogP contribution in [0.3, 0.4) is 0 Å². The molecule has 0 fully saturated rings. The molecule has 0 spiro atoms. The zero-order chi connectivity index (χ0) is 16.9. The van der Waals surface area contributed by atoms with Crippen molar-refractivity contribution in [2.24, 2.45) is 0 Å². The number of hydrogen-bond acceptors (Lipinski definition) is 3. The van der Waals surface area contributed by atoms with Crippen LogP contribution in [-0.4, -0.2) is 23.0 Å². The van der Waals surface area contributed by atoms with Gasteiger partial charge in [0, 0.05) is 11.9 Å². The number of benzene rings is 2. The number of rotatable bonds is 5. The summed E-state index contributed by atoms with van der Waals surface area (Å²) < 4.78 is 4.94. The first kappa shape index (κ1) is 16.0. The highest BCUT2D eigenvalue weighted by molar-refractivity contribution is 5.97. The maximum atomic E-state index is 12.1. The lowest BCUT2D eigenvalue weighted by Crippen LogP contribution is -2.05. The fraction of sp³-hybridized carbons (Fsp3) is 0.200. The minimum atomic E-state index is -0.312. The van der Waals surface area contributed by atoms with Crippen molar-refractivity contribution in [1.82, 2.24) is 9.97 Å². The van der Waals surface area contributed by atoms with E-state index in [0.717, 1.165) is 35.2 Å². The number of carbonyl (C=O) groups excluding carboxylic acids is 1. The van der Waals surface area contributed by atoms with Gasteiger partial charge in [-0.3, -0.25) is 0 Å². The number of carbonyl (C=O) groups is 1. The Labute approximate surface area is 141 Å². The molecule has 0 aliphatic rings. The topological polar surface area (TPSA) is 55.0 Å². The number of imidazole rings is 1. The molecule has 0 aliphatic heterocycles. The summed E-state index contributed by atoms with van der Waals surface area (Å²) >= 11 is 0. The molecule has 1 N–H and O–H groups in total. The SMILES string of the molecule is COC(=O)c1ccc(CCc2cnc[nH]2)cc1-c1ccccc1C. The van der Waals surface area contributed by atoms with Gasteiger partial charge in [-0.25, -0.2) is 9.78 Å². The van der Waals surface area contributed by atoms with Crippen molar-refractivity contribution in [2.75, 3.05) is 7.11 Å². The third-order valence-electron chi connectivity index (χ3n) is 4.16. The van der Waals surface area contributed by atoms with Gasteiger partial charge in [0.2, 0.25) is 0 Å². The summed E-state index contributed by atoms with van der Waals surface area (Å²) in [6.45, 7) is 2.05. The zero-order valence-corrected chi connectivity index (χ0v) is 13.9. The summed E-state index contributed by atoms with van der Waals surface area (Å²) in [4.78, 5) is 19.3. The first-order valence-electron chi connectivity index (χ1n) is 7.93. The summed E-state index contributed by atoms with van der Waals surface area (Å²) in [5.74, 6) is -0.312. The predicted molar refractivity (Wildman–Crippen MR) is 94.0 cm³/mol. The Morgan fingerprint density at radius 3 is 2.67 bits per heavy atom. The number of aromatic amines is 1. The van der Waals surface area contributed by atoms with Crippen molar-refractivity contribution in [3.63, 3.8) is 0 Å². The second-order valence-corrected chi connectivity index (χ2v) is 5.76. The van der Waals surface area contributed by atoms with Crippen LogP contribution in [0.5, 0.6) is 0 Å². The maximum Gasteiger partial charge on any atom is 0.338 e. The van der Waals surface area contributed by atoms with Crippen LogP contribution in [-0.2, 0) is 17.6 Å². The van der Waals surface area contributed by atoms with Crippen LogP contribution in [0.2, 0.25) is 0 Å². The minimum Gasteiger partial charge on any atom is -0.465 e. The van der Waals surface area contributed by atoms with E-state index in [0.29, 0.717) is 5.56 Å².